The van der Waals surface area contributed by atoms with E-state index in [0.29, 0.717) is 0 Å². The number of aromatic nitrogens is 1. The van der Waals surface area contributed by atoms with E-state index in [1.807, 2.05) is 24.3 Å². The maximum atomic E-state index is 5.40. The van der Waals surface area contributed by atoms with Crippen LogP contribution in [-0.2, 0) is 6.42 Å². The van der Waals surface area contributed by atoms with E-state index in [1.54, 1.807) is 14.2 Å². The molecule has 3 rings (SSSR count). The Bertz CT molecular complexity index is 774. The Morgan fingerprint density at radius 3 is 2.62 bits per heavy atom. The summed E-state index contributed by atoms with van der Waals surface area (Å²) in [5, 5.41) is 1.23. The van der Waals surface area contributed by atoms with Crippen LogP contribution in [0, 0.1) is 6.07 Å². The fraction of sp³-hybridized carbons (Fsp3) is 0.222. The smallest absolute Gasteiger partial charge is 0.161 e. The number of hydrogen-bond acceptors (Lipinski definition) is 2. The molecule has 1 radical (unpaired) electrons. The Hall–Kier alpha value is -2.42. The summed E-state index contributed by atoms with van der Waals surface area (Å²) in [6.07, 6.45) is 0.960. The topological polar surface area (TPSA) is 34.2 Å². The van der Waals surface area contributed by atoms with Crippen LogP contribution < -0.4 is 9.47 Å². The first-order valence-electron chi connectivity index (χ1n) is 7.01. The van der Waals surface area contributed by atoms with E-state index in [-0.39, 0.29) is 0 Å². The molecule has 0 spiro atoms. The zero-order valence-electron chi connectivity index (χ0n) is 12.5. The monoisotopic (exact) mass is 280 g/mol. The summed E-state index contributed by atoms with van der Waals surface area (Å²) in [6, 6.07) is 15.2. The SMILES string of the molecule is CCc1c(-c2ccc(OC)c(OC)c2)[nH]c2cc[c]cc12. The van der Waals surface area contributed by atoms with Crippen LogP contribution in [-0.4, -0.2) is 19.2 Å². The molecule has 0 bridgehead atoms. The molecule has 0 atom stereocenters. The lowest BCUT2D eigenvalue weighted by Crippen LogP contribution is -1.92. The van der Waals surface area contributed by atoms with Gasteiger partial charge in [-0.3, -0.25) is 0 Å². The highest BCUT2D eigenvalue weighted by molar-refractivity contribution is 5.90. The van der Waals surface area contributed by atoms with Gasteiger partial charge in [-0.15, -0.1) is 0 Å². The molecule has 0 aliphatic heterocycles. The molecule has 0 saturated heterocycles. The minimum atomic E-state index is 0.738. The standard InChI is InChI=1S/C18H18NO2/c1-4-13-14-7-5-6-8-15(14)19-18(13)12-9-10-16(20-2)17(11-12)21-3/h6-11,19H,4H2,1-3H3. The van der Waals surface area contributed by atoms with Crippen molar-refractivity contribution >= 4 is 10.9 Å². The number of aromatic amines is 1. The second-order valence-electron chi connectivity index (χ2n) is 4.87. The Morgan fingerprint density at radius 2 is 1.90 bits per heavy atom. The Kier molecular flexibility index (Phi) is 3.57. The third-order valence-electron chi connectivity index (χ3n) is 3.78. The van der Waals surface area contributed by atoms with Gasteiger partial charge in [0.15, 0.2) is 11.5 Å². The Morgan fingerprint density at radius 1 is 1.10 bits per heavy atom. The first-order chi connectivity index (χ1) is 10.3. The molecule has 0 saturated carbocycles. The maximum Gasteiger partial charge on any atom is 0.161 e. The van der Waals surface area contributed by atoms with Gasteiger partial charge in [0.1, 0.15) is 0 Å². The Labute approximate surface area is 124 Å². The summed E-state index contributed by atoms with van der Waals surface area (Å²) in [7, 11) is 3.30. The highest BCUT2D eigenvalue weighted by Crippen LogP contribution is 2.35. The van der Waals surface area contributed by atoms with Crippen molar-refractivity contribution in [1.82, 2.24) is 4.98 Å². The summed E-state index contributed by atoms with van der Waals surface area (Å²) in [6.45, 7) is 2.17. The van der Waals surface area contributed by atoms with Gasteiger partial charge in [-0.1, -0.05) is 13.0 Å². The average Bonchev–Trinajstić information content (AvgIpc) is 2.92. The molecule has 1 N–H and O–H groups in total. The van der Waals surface area contributed by atoms with Gasteiger partial charge in [-0.25, -0.2) is 0 Å². The third kappa shape index (κ3) is 2.25. The molecule has 3 aromatic rings. The molecule has 1 heterocycles. The van der Waals surface area contributed by atoms with E-state index in [1.165, 1.54) is 10.9 Å². The van der Waals surface area contributed by atoms with Gasteiger partial charge in [-0.2, -0.15) is 0 Å². The minimum Gasteiger partial charge on any atom is -0.493 e. The van der Waals surface area contributed by atoms with Crippen molar-refractivity contribution in [3.8, 4) is 22.8 Å². The lowest BCUT2D eigenvalue weighted by molar-refractivity contribution is 0.355. The zero-order valence-corrected chi connectivity index (χ0v) is 12.5. The Balaban J connectivity index is 2.20. The van der Waals surface area contributed by atoms with E-state index < -0.39 is 0 Å². The third-order valence-corrected chi connectivity index (χ3v) is 3.78. The summed E-state index contributed by atoms with van der Waals surface area (Å²) < 4.78 is 10.7. The number of rotatable bonds is 4. The van der Waals surface area contributed by atoms with Crippen LogP contribution in [0.3, 0.4) is 0 Å². The molecular weight excluding hydrogens is 262 g/mol. The van der Waals surface area contributed by atoms with Gasteiger partial charge < -0.3 is 14.5 Å². The quantitative estimate of drug-likeness (QED) is 0.776. The van der Waals surface area contributed by atoms with Gasteiger partial charge in [0.2, 0.25) is 0 Å². The number of methoxy groups -OCH3 is 2. The number of nitrogens with one attached hydrogen (secondary N) is 1. The molecule has 0 amide bonds. The molecule has 107 valence electrons. The van der Waals surface area contributed by atoms with E-state index in [0.717, 1.165) is 34.7 Å². The van der Waals surface area contributed by atoms with Crippen LogP contribution in [0.1, 0.15) is 12.5 Å². The molecule has 0 fully saturated rings. The van der Waals surface area contributed by atoms with Gasteiger partial charge in [0.05, 0.1) is 14.2 Å². The van der Waals surface area contributed by atoms with E-state index in [9.17, 15) is 0 Å². The summed E-state index contributed by atoms with van der Waals surface area (Å²) >= 11 is 0. The molecule has 3 nitrogen and oxygen atoms in total. The van der Waals surface area contributed by atoms with Crippen LogP contribution in [0.15, 0.2) is 36.4 Å². The number of fused-ring (bicyclic) bond motifs is 1. The first kappa shape index (κ1) is 13.6. The number of aryl methyl sites for hydroxylation is 1. The molecule has 0 aliphatic carbocycles. The summed E-state index contributed by atoms with van der Waals surface area (Å²) in [5.74, 6) is 1.48. The average molecular weight is 280 g/mol. The van der Waals surface area contributed by atoms with Crippen molar-refractivity contribution in [2.45, 2.75) is 13.3 Å². The summed E-state index contributed by atoms with van der Waals surface area (Å²) in [5.41, 5.74) is 4.67. The predicted octanol–water partition coefficient (Wildman–Crippen LogP) is 4.21. The van der Waals surface area contributed by atoms with Crippen molar-refractivity contribution in [2.75, 3.05) is 14.2 Å². The van der Waals surface area contributed by atoms with Gasteiger partial charge >= 0.3 is 0 Å². The second kappa shape index (κ2) is 5.52. The van der Waals surface area contributed by atoms with Crippen LogP contribution in [0.5, 0.6) is 11.5 Å². The van der Waals surface area contributed by atoms with Gasteiger partial charge in [0, 0.05) is 22.2 Å². The largest absolute Gasteiger partial charge is 0.493 e. The molecule has 0 unspecified atom stereocenters. The lowest BCUT2D eigenvalue weighted by Gasteiger charge is -2.10. The summed E-state index contributed by atoms with van der Waals surface area (Å²) in [4.78, 5) is 3.50. The molecule has 0 aliphatic rings. The lowest BCUT2D eigenvalue weighted by atomic mass is 10.0. The number of H-pyrrole nitrogens is 1. The van der Waals surface area contributed by atoms with Gasteiger partial charge in [-0.05, 0) is 48.4 Å². The molecule has 3 heteroatoms. The number of benzene rings is 2. The van der Waals surface area contributed by atoms with Crippen LogP contribution >= 0.6 is 0 Å². The second-order valence-corrected chi connectivity index (χ2v) is 4.87. The minimum absolute atomic E-state index is 0.738. The van der Waals surface area contributed by atoms with Crippen LogP contribution in [0.4, 0.5) is 0 Å². The number of ether oxygens (including phenoxy) is 2. The molecule has 1 aromatic heterocycles. The maximum absolute atomic E-state index is 5.40. The fourth-order valence-corrected chi connectivity index (χ4v) is 2.74. The van der Waals surface area contributed by atoms with Crippen molar-refractivity contribution in [2.24, 2.45) is 0 Å². The first-order valence-corrected chi connectivity index (χ1v) is 7.01. The fourth-order valence-electron chi connectivity index (χ4n) is 2.74. The molecule has 21 heavy (non-hydrogen) atoms. The van der Waals surface area contributed by atoms with E-state index in [4.69, 9.17) is 9.47 Å². The van der Waals surface area contributed by atoms with Crippen molar-refractivity contribution in [1.29, 1.82) is 0 Å². The van der Waals surface area contributed by atoms with Gasteiger partial charge in [0.25, 0.3) is 0 Å². The van der Waals surface area contributed by atoms with Crippen molar-refractivity contribution < 1.29 is 9.47 Å². The predicted molar refractivity (Wildman–Crippen MR) is 85.1 cm³/mol. The molecular formula is C18H18NO2. The zero-order chi connectivity index (χ0) is 14.8. The molecule has 2 aromatic carbocycles. The van der Waals surface area contributed by atoms with E-state index in [2.05, 4.69) is 30.1 Å². The van der Waals surface area contributed by atoms with Crippen molar-refractivity contribution in [3.05, 3.63) is 48.0 Å². The highest BCUT2D eigenvalue weighted by Gasteiger charge is 2.13. The van der Waals surface area contributed by atoms with Crippen LogP contribution in [0.25, 0.3) is 22.2 Å². The van der Waals surface area contributed by atoms with E-state index >= 15 is 0 Å². The normalized spacial score (nSPS) is 10.8. The van der Waals surface area contributed by atoms with Crippen molar-refractivity contribution in [3.63, 3.8) is 0 Å². The highest BCUT2D eigenvalue weighted by atomic mass is 16.5. The van der Waals surface area contributed by atoms with Crippen LogP contribution in [0.2, 0.25) is 0 Å². The number of hydrogen-bond donors (Lipinski definition) is 1.